The van der Waals surface area contributed by atoms with Crippen molar-refractivity contribution in [2.45, 2.75) is 39.7 Å². The van der Waals surface area contributed by atoms with Gasteiger partial charge in [-0.15, -0.1) is 11.3 Å². The van der Waals surface area contributed by atoms with Crippen molar-refractivity contribution < 1.29 is 9.90 Å². The van der Waals surface area contributed by atoms with Crippen LogP contribution in [0.4, 0.5) is 0 Å². The highest BCUT2D eigenvalue weighted by atomic mass is 32.1. The summed E-state index contributed by atoms with van der Waals surface area (Å²) in [6.45, 7) is 5.12. The minimum absolute atomic E-state index is 0.141. The Morgan fingerprint density at radius 3 is 2.71 bits per heavy atom. The molecule has 0 radical (unpaired) electrons. The smallest absolute Gasteiger partial charge is 0.337 e. The molecule has 1 heterocycles. The van der Waals surface area contributed by atoms with Gasteiger partial charge in [0, 0.05) is 17.0 Å². The molecule has 0 atom stereocenters. The standard InChI is InChI=1S/C23H25NO2S2/c1-23(2)11-10-18-17(12-23)20(22(25)26)21(28-18)19-15(13-24(3)27)9-8-14-6-4-5-7-16(14)19/h4-9,27H,10-13H2,1-3H3,(H,25,26). The molecule has 0 unspecified atom stereocenters. The number of thiol groups is 1. The molecule has 0 aliphatic heterocycles. The van der Waals surface area contributed by atoms with E-state index in [-0.39, 0.29) is 5.41 Å². The number of nitrogens with zero attached hydrogens (tertiary/aromatic N) is 1. The summed E-state index contributed by atoms with van der Waals surface area (Å²) in [5, 5.41) is 12.4. The van der Waals surface area contributed by atoms with Crippen LogP contribution >= 0.6 is 24.2 Å². The van der Waals surface area contributed by atoms with Gasteiger partial charge in [-0.3, -0.25) is 4.31 Å². The molecule has 2 aromatic carbocycles. The maximum Gasteiger partial charge on any atom is 0.337 e. The highest BCUT2D eigenvalue weighted by Crippen LogP contribution is 2.47. The largest absolute Gasteiger partial charge is 0.478 e. The summed E-state index contributed by atoms with van der Waals surface area (Å²) in [6.07, 6.45) is 2.88. The van der Waals surface area contributed by atoms with Gasteiger partial charge >= 0.3 is 5.97 Å². The number of fused-ring (bicyclic) bond motifs is 2. The summed E-state index contributed by atoms with van der Waals surface area (Å²) in [6, 6.07) is 12.5. The molecular weight excluding hydrogens is 386 g/mol. The number of aromatic carboxylic acids is 1. The molecule has 146 valence electrons. The zero-order valence-corrected chi connectivity index (χ0v) is 18.2. The molecule has 0 amide bonds. The fraction of sp³-hybridized carbons (Fsp3) is 0.348. The van der Waals surface area contributed by atoms with Gasteiger partial charge in [0.25, 0.3) is 0 Å². The molecule has 3 aromatic rings. The summed E-state index contributed by atoms with van der Waals surface area (Å²) < 4.78 is 1.84. The van der Waals surface area contributed by atoms with Crippen LogP contribution in [-0.4, -0.2) is 22.4 Å². The first-order chi connectivity index (χ1) is 13.3. The summed E-state index contributed by atoms with van der Waals surface area (Å²) in [4.78, 5) is 14.5. The van der Waals surface area contributed by atoms with E-state index in [0.717, 1.165) is 51.6 Å². The minimum Gasteiger partial charge on any atom is -0.478 e. The Balaban J connectivity index is 2.03. The van der Waals surface area contributed by atoms with E-state index < -0.39 is 5.97 Å². The van der Waals surface area contributed by atoms with Crippen LogP contribution in [0.5, 0.6) is 0 Å². The molecule has 1 aliphatic rings. The number of carboxylic acids is 1. The van der Waals surface area contributed by atoms with E-state index in [1.165, 1.54) is 4.88 Å². The van der Waals surface area contributed by atoms with Crippen LogP contribution < -0.4 is 0 Å². The molecule has 0 spiro atoms. The third-order valence-corrected chi connectivity index (χ3v) is 7.08. The predicted molar refractivity (Wildman–Crippen MR) is 120 cm³/mol. The van der Waals surface area contributed by atoms with Gasteiger partial charge in [0.15, 0.2) is 0 Å². The van der Waals surface area contributed by atoms with Crippen LogP contribution in [0.2, 0.25) is 0 Å². The van der Waals surface area contributed by atoms with Gasteiger partial charge in [-0.2, -0.15) is 0 Å². The Labute approximate surface area is 175 Å². The Hall–Kier alpha value is -1.82. The minimum atomic E-state index is -0.816. The number of aryl methyl sites for hydroxylation is 1. The van der Waals surface area contributed by atoms with Crippen LogP contribution in [0.25, 0.3) is 21.2 Å². The lowest BCUT2D eigenvalue weighted by atomic mass is 9.75. The molecule has 0 bridgehead atoms. The molecule has 3 nitrogen and oxygen atoms in total. The van der Waals surface area contributed by atoms with E-state index in [1.807, 2.05) is 23.5 Å². The zero-order chi connectivity index (χ0) is 20.1. The maximum atomic E-state index is 12.4. The monoisotopic (exact) mass is 411 g/mol. The van der Waals surface area contributed by atoms with E-state index >= 15 is 0 Å². The first-order valence-electron chi connectivity index (χ1n) is 9.56. The van der Waals surface area contributed by atoms with Crippen LogP contribution in [0.15, 0.2) is 36.4 Å². The summed E-state index contributed by atoms with van der Waals surface area (Å²) in [7, 11) is 1.92. The Morgan fingerprint density at radius 1 is 1.25 bits per heavy atom. The molecule has 5 heteroatoms. The zero-order valence-electron chi connectivity index (χ0n) is 16.5. The average Bonchev–Trinajstić information content (AvgIpc) is 2.98. The first kappa shape index (κ1) is 19.5. The molecule has 4 rings (SSSR count). The van der Waals surface area contributed by atoms with Crippen molar-refractivity contribution in [2.75, 3.05) is 7.05 Å². The van der Waals surface area contributed by atoms with Crippen LogP contribution in [0, 0.1) is 5.41 Å². The Bertz CT molecular complexity index is 1070. The SMILES string of the molecule is CN(S)Cc1ccc2ccccc2c1-c1sc2c(c1C(=O)O)CC(C)(C)CC2. The average molecular weight is 412 g/mol. The number of rotatable bonds is 4. The molecule has 28 heavy (non-hydrogen) atoms. The number of carbonyl (C=O) groups is 1. The van der Waals surface area contributed by atoms with Gasteiger partial charge in [0.1, 0.15) is 0 Å². The first-order valence-corrected chi connectivity index (χ1v) is 10.8. The number of carboxylic acid groups (broad SMARTS) is 1. The highest BCUT2D eigenvalue weighted by molar-refractivity contribution is 7.77. The molecule has 1 aliphatic carbocycles. The molecule has 0 saturated heterocycles. The normalized spacial score (nSPS) is 15.8. The second-order valence-electron chi connectivity index (χ2n) is 8.49. The van der Waals surface area contributed by atoms with Crippen molar-refractivity contribution >= 4 is 40.9 Å². The van der Waals surface area contributed by atoms with E-state index in [4.69, 9.17) is 0 Å². The van der Waals surface area contributed by atoms with Crippen LogP contribution in [-0.2, 0) is 19.4 Å². The molecule has 1 N–H and O–H groups in total. The van der Waals surface area contributed by atoms with E-state index in [1.54, 1.807) is 11.3 Å². The number of hydrogen-bond donors (Lipinski definition) is 2. The van der Waals surface area contributed by atoms with Crippen LogP contribution in [0.3, 0.4) is 0 Å². The number of benzene rings is 2. The van der Waals surface area contributed by atoms with Crippen molar-refractivity contribution in [3.8, 4) is 10.4 Å². The van der Waals surface area contributed by atoms with Crippen molar-refractivity contribution in [2.24, 2.45) is 5.41 Å². The summed E-state index contributed by atoms with van der Waals surface area (Å²) in [5.74, 6) is -0.816. The second-order valence-corrected chi connectivity index (χ2v) is 10.3. The molecule has 0 saturated carbocycles. The molecular formula is C23H25NO2S2. The highest BCUT2D eigenvalue weighted by Gasteiger charge is 2.33. The van der Waals surface area contributed by atoms with Gasteiger partial charge in [-0.1, -0.05) is 63.1 Å². The third-order valence-electron chi connectivity index (χ3n) is 5.63. The van der Waals surface area contributed by atoms with Crippen molar-refractivity contribution in [3.05, 3.63) is 58.0 Å². The molecule has 1 aromatic heterocycles. The van der Waals surface area contributed by atoms with Crippen LogP contribution in [0.1, 0.15) is 46.6 Å². The maximum absolute atomic E-state index is 12.4. The Morgan fingerprint density at radius 2 is 2.00 bits per heavy atom. The van der Waals surface area contributed by atoms with Gasteiger partial charge in [-0.05, 0) is 53.6 Å². The third kappa shape index (κ3) is 3.47. The Kier molecular flexibility index (Phi) is 5.02. The van der Waals surface area contributed by atoms with Crippen molar-refractivity contribution in [1.82, 2.24) is 4.31 Å². The lowest BCUT2D eigenvalue weighted by Gasteiger charge is -2.29. The van der Waals surface area contributed by atoms with E-state index in [2.05, 4.69) is 50.9 Å². The topological polar surface area (TPSA) is 40.5 Å². The quantitative estimate of drug-likeness (QED) is 0.513. The second kappa shape index (κ2) is 7.21. The van der Waals surface area contributed by atoms with Crippen molar-refractivity contribution in [3.63, 3.8) is 0 Å². The number of thiophene rings is 1. The lowest BCUT2D eigenvalue weighted by molar-refractivity contribution is 0.0696. The lowest BCUT2D eigenvalue weighted by Crippen LogP contribution is -2.22. The van der Waals surface area contributed by atoms with Crippen molar-refractivity contribution in [1.29, 1.82) is 0 Å². The molecule has 0 fully saturated rings. The van der Waals surface area contributed by atoms with Gasteiger partial charge in [0.2, 0.25) is 0 Å². The summed E-state index contributed by atoms with van der Waals surface area (Å²) in [5.41, 5.74) is 3.85. The van der Waals surface area contributed by atoms with Gasteiger partial charge in [0.05, 0.1) is 10.4 Å². The van der Waals surface area contributed by atoms with Gasteiger partial charge < -0.3 is 5.11 Å². The van der Waals surface area contributed by atoms with E-state index in [9.17, 15) is 9.90 Å². The predicted octanol–water partition coefficient (Wildman–Crippen LogP) is 6.06. The fourth-order valence-electron chi connectivity index (χ4n) is 4.29. The fourth-order valence-corrected chi connectivity index (χ4v) is 5.84. The van der Waals surface area contributed by atoms with E-state index in [0.29, 0.717) is 12.1 Å². The van der Waals surface area contributed by atoms with Gasteiger partial charge in [-0.25, -0.2) is 4.79 Å². The number of hydrogen-bond acceptors (Lipinski definition) is 4. The summed E-state index contributed by atoms with van der Waals surface area (Å²) >= 11 is 6.12.